The molecule has 2 aromatic rings. The van der Waals surface area contributed by atoms with Gasteiger partial charge in [0.1, 0.15) is 11.4 Å². The van der Waals surface area contributed by atoms with Crippen molar-refractivity contribution < 1.29 is 18.7 Å². The van der Waals surface area contributed by atoms with E-state index < -0.39 is 17.4 Å². The zero-order valence-electron chi connectivity index (χ0n) is 17.6. The Bertz CT molecular complexity index is 1050. The summed E-state index contributed by atoms with van der Waals surface area (Å²) < 4.78 is 21.2. The highest BCUT2D eigenvalue weighted by Gasteiger charge is 2.67. The Hall–Kier alpha value is -3.00. The normalized spacial score (nSPS) is 28.4. The number of benzene rings is 1. The second kappa shape index (κ2) is 7.30. The number of carbonyl (C=O) groups is 2. The van der Waals surface area contributed by atoms with Gasteiger partial charge in [0, 0.05) is 33.4 Å². The van der Waals surface area contributed by atoms with Crippen LogP contribution in [0.4, 0.5) is 4.39 Å². The number of nitrogens with zero attached hydrogens (tertiary/aromatic N) is 4. The van der Waals surface area contributed by atoms with Crippen LogP contribution < -0.4 is 0 Å². The summed E-state index contributed by atoms with van der Waals surface area (Å²) in [5, 5.41) is 4.16. The molecule has 4 atom stereocenters. The monoisotopic (exact) mass is 424 g/mol. The van der Waals surface area contributed by atoms with Crippen molar-refractivity contribution in [2.45, 2.75) is 24.7 Å². The molecular weight excluding hydrogens is 399 g/mol. The summed E-state index contributed by atoms with van der Waals surface area (Å²) in [6.07, 6.45) is 7.93. The molecule has 3 aliphatic rings. The van der Waals surface area contributed by atoms with Crippen molar-refractivity contribution in [3.8, 4) is 0 Å². The topological polar surface area (TPSA) is 67.7 Å². The number of aryl methyl sites for hydroxylation is 1. The first-order valence-electron chi connectivity index (χ1n) is 10.5. The van der Waals surface area contributed by atoms with E-state index in [4.69, 9.17) is 4.74 Å². The molecule has 2 fully saturated rings. The molecule has 1 aromatic carbocycles. The molecule has 0 aliphatic carbocycles. The number of aromatic nitrogens is 2. The number of hydrogen-bond acceptors (Lipinski definition) is 4. The summed E-state index contributed by atoms with van der Waals surface area (Å²) in [4.78, 5) is 30.1. The number of hydrogen-bond donors (Lipinski definition) is 0. The first-order valence-corrected chi connectivity index (χ1v) is 10.5. The summed E-state index contributed by atoms with van der Waals surface area (Å²) in [7, 11) is 3.64. The van der Waals surface area contributed by atoms with E-state index in [9.17, 15) is 14.0 Å². The van der Waals surface area contributed by atoms with Gasteiger partial charge in [-0.2, -0.15) is 5.10 Å². The minimum absolute atomic E-state index is 0.0675. The van der Waals surface area contributed by atoms with E-state index in [0.717, 1.165) is 11.1 Å². The van der Waals surface area contributed by atoms with E-state index in [-0.39, 0.29) is 23.7 Å². The molecule has 5 rings (SSSR count). The minimum atomic E-state index is -0.744. The molecule has 4 heterocycles. The van der Waals surface area contributed by atoms with Crippen molar-refractivity contribution >= 4 is 11.8 Å². The van der Waals surface area contributed by atoms with Crippen LogP contribution >= 0.6 is 0 Å². The number of fused-ring (bicyclic) bond motifs is 1. The van der Waals surface area contributed by atoms with E-state index in [2.05, 4.69) is 5.10 Å². The lowest BCUT2D eigenvalue weighted by atomic mass is 9.76. The molecule has 0 radical (unpaired) electrons. The molecule has 2 saturated heterocycles. The number of likely N-dealkylation sites (N-methyl/N-ethyl adjacent to an activating group) is 1. The van der Waals surface area contributed by atoms with Crippen molar-refractivity contribution in [1.82, 2.24) is 19.6 Å². The maximum atomic E-state index is 13.3. The van der Waals surface area contributed by atoms with Gasteiger partial charge in [-0.1, -0.05) is 24.3 Å². The highest BCUT2D eigenvalue weighted by atomic mass is 19.1. The van der Waals surface area contributed by atoms with Gasteiger partial charge in [-0.05, 0) is 29.7 Å². The summed E-state index contributed by atoms with van der Waals surface area (Å²) in [6, 6.07) is 6.13. The van der Waals surface area contributed by atoms with E-state index in [0.29, 0.717) is 26.1 Å². The number of ether oxygens (including phenoxy) is 1. The highest BCUT2D eigenvalue weighted by Crippen LogP contribution is 2.52. The molecule has 31 heavy (non-hydrogen) atoms. The van der Waals surface area contributed by atoms with Crippen LogP contribution in [-0.4, -0.2) is 63.2 Å². The zero-order chi connectivity index (χ0) is 21.8. The lowest BCUT2D eigenvalue weighted by Gasteiger charge is -2.27. The van der Waals surface area contributed by atoms with E-state index in [1.54, 1.807) is 39.9 Å². The SMILES string of the molecule is CN(CCc1cnn(C)c1)C(=O)C1C2C(=O)N(Cc3ccc(F)cc3)C[C@@]23C=C[C@@H]1O3. The van der Waals surface area contributed by atoms with Crippen LogP contribution in [0.15, 0.2) is 48.8 Å². The van der Waals surface area contributed by atoms with Crippen molar-refractivity contribution in [1.29, 1.82) is 0 Å². The number of rotatable bonds is 6. The van der Waals surface area contributed by atoms with Crippen LogP contribution in [0.5, 0.6) is 0 Å². The van der Waals surface area contributed by atoms with Gasteiger partial charge in [-0.15, -0.1) is 0 Å². The Morgan fingerprint density at radius 2 is 2.10 bits per heavy atom. The van der Waals surface area contributed by atoms with Crippen LogP contribution in [0, 0.1) is 17.7 Å². The third-order valence-electron chi connectivity index (χ3n) is 6.62. The van der Waals surface area contributed by atoms with Gasteiger partial charge in [-0.3, -0.25) is 14.3 Å². The summed E-state index contributed by atoms with van der Waals surface area (Å²) in [5.74, 6) is -1.49. The van der Waals surface area contributed by atoms with Gasteiger partial charge < -0.3 is 14.5 Å². The largest absolute Gasteiger partial charge is 0.360 e. The Balaban J connectivity index is 1.30. The fourth-order valence-electron chi connectivity index (χ4n) is 5.07. The van der Waals surface area contributed by atoms with E-state index >= 15 is 0 Å². The fourth-order valence-corrected chi connectivity index (χ4v) is 5.07. The van der Waals surface area contributed by atoms with Crippen LogP contribution in [0.1, 0.15) is 11.1 Å². The number of amides is 2. The third-order valence-corrected chi connectivity index (χ3v) is 6.62. The average Bonchev–Trinajstić information content (AvgIpc) is 3.49. The predicted octanol–water partition coefficient (Wildman–Crippen LogP) is 1.54. The molecule has 7 nitrogen and oxygen atoms in total. The summed E-state index contributed by atoms with van der Waals surface area (Å²) >= 11 is 0. The number of likely N-dealkylation sites (tertiary alicyclic amines) is 1. The number of carbonyl (C=O) groups excluding carboxylic acids is 2. The number of halogens is 1. The molecule has 162 valence electrons. The standard InChI is InChI=1S/C23H25FN4O3/c1-26(10-8-16-11-25-27(2)12-16)21(29)19-18-7-9-23(31-18)14-28(22(30)20(19)23)13-15-3-5-17(24)6-4-15/h3-7,9,11-12,18-20H,8,10,13-14H2,1-2H3/t18-,19?,20?,23-/m0/s1. The Kier molecular flexibility index (Phi) is 4.69. The second-order valence-corrected chi connectivity index (χ2v) is 8.75. The van der Waals surface area contributed by atoms with Gasteiger partial charge in [0.15, 0.2) is 0 Å². The molecule has 0 N–H and O–H groups in total. The summed E-state index contributed by atoms with van der Waals surface area (Å²) in [6.45, 7) is 1.33. The maximum Gasteiger partial charge on any atom is 0.230 e. The maximum absolute atomic E-state index is 13.3. The second-order valence-electron chi connectivity index (χ2n) is 8.75. The quantitative estimate of drug-likeness (QED) is 0.660. The molecule has 2 amide bonds. The molecular formula is C23H25FN4O3. The first kappa shape index (κ1) is 19.9. The van der Waals surface area contributed by atoms with Crippen LogP contribution in [-0.2, 0) is 34.3 Å². The summed E-state index contributed by atoms with van der Waals surface area (Å²) in [5.41, 5.74) is 1.16. The smallest absolute Gasteiger partial charge is 0.230 e. The van der Waals surface area contributed by atoms with Crippen LogP contribution in [0.2, 0.25) is 0 Å². The van der Waals surface area contributed by atoms with Crippen LogP contribution in [0.25, 0.3) is 0 Å². The van der Waals surface area contributed by atoms with Crippen molar-refractivity contribution in [2.75, 3.05) is 20.1 Å². The highest BCUT2D eigenvalue weighted by molar-refractivity contribution is 5.93. The lowest BCUT2D eigenvalue weighted by molar-refractivity contribution is -0.142. The molecule has 1 spiro atoms. The average molecular weight is 424 g/mol. The third kappa shape index (κ3) is 3.35. The Labute approximate surface area is 180 Å². The van der Waals surface area contributed by atoms with Gasteiger partial charge >= 0.3 is 0 Å². The molecule has 3 aliphatic heterocycles. The van der Waals surface area contributed by atoms with Gasteiger partial charge in [0.05, 0.1) is 30.7 Å². The van der Waals surface area contributed by atoms with Gasteiger partial charge in [0.2, 0.25) is 11.8 Å². The fraction of sp³-hybridized carbons (Fsp3) is 0.435. The molecule has 8 heteroatoms. The molecule has 0 saturated carbocycles. The lowest BCUT2D eigenvalue weighted by Crippen LogP contribution is -2.45. The van der Waals surface area contributed by atoms with Crippen molar-refractivity contribution in [2.24, 2.45) is 18.9 Å². The predicted molar refractivity (Wildman–Crippen MR) is 110 cm³/mol. The Morgan fingerprint density at radius 3 is 2.81 bits per heavy atom. The van der Waals surface area contributed by atoms with E-state index in [1.165, 1.54) is 12.1 Å². The first-order chi connectivity index (χ1) is 14.9. The van der Waals surface area contributed by atoms with Crippen molar-refractivity contribution in [3.05, 3.63) is 65.8 Å². The van der Waals surface area contributed by atoms with Gasteiger partial charge in [-0.25, -0.2) is 4.39 Å². The molecule has 2 unspecified atom stereocenters. The van der Waals surface area contributed by atoms with Crippen molar-refractivity contribution in [3.63, 3.8) is 0 Å². The zero-order valence-corrected chi connectivity index (χ0v) is 17.6. The molecule has 1 aromatic heterocycles. The van der Waals surface area contributed by atoms with E-state index in [1.807, 2.05) is 25.4 Å². The van der Waals surface area contributed by atoms with Crippen LogP contribution in [0.3, 0.4) is 0 Å². The molecule has 2 bridgehead atoms. The van der Waals surface area contributed by atoms with Gasteiger partial charge in [0.25, 0.3) is 0 Å². The Morgan fingerprint density at radius 1 is 1.32 bits per heavy atom. The minimum Gasteiger partial charge on any atom is -0.360 e.